The quantitative estimate of drug-likeness (QED) is 0.492. The van der Waals surface area contributed by atoms with E-state index in [1.165, 1.54) is 16.7 Å². The van der Waals surface area contributed by atoms with Gasteiger partial charge in [-0.1, -0.05) is 35.9 Å². The van der Waals surface area contributed by atoms with Crippen molar-refractivity contribution in [2.24, 2.45) is 5.84 Å². The maximum atomic E-state index is 6.00. The molecule has 1 unspecified atom stereocenters. The summed E-state index contributed by atoms with van der Waals surface area (Å²) in [5, 5.41) is 0.763. The molecule has 0 fully saturated rings. The van der Waals surface area contributed by atoms with Crippen molar-refractivity contribution in [3.05, 3.63) is 64.2 Å². The highest BCUT2D eigenvalue weighted by atomic mass is 35.5. The second-order valence-corrected chi connectivity index (χ2v) is 6.31. The Morgan fingerprint density at radius 2 is 1.95 bits per heavy atom. The molecule has 106 valence electrons. The van der Waals surface area contributed by atoms with Gasteiger partial charge in [0.2, 0.25) is 0 Å². The summed E-state index contributed by atoms with van der Waals surface area (Å²) in [6.45, 7) is 4.26. The van der Waals surface area contributed by atoms with Crippen LogP contribution in [0.5, 0.6) is 0 Å². The van der Waals surface area contributed by atoms with Gasteiger partial charge in [0.15, 0.2) is 0 Å². The Kier molecular flexibility index (Phi) is 5.49. The van der Waals surface area contributed by atoms with E-state index in [1.807, 2.05) is 18.2 Å². The van der Waals surface area contributed by atoms with Crippen LogP contribution in [-0.2, 0) is 0 Å². The van der Waals surface area contributed by atoms with Crippen molar-refractivity contribution in [1.29, 1.82) is 0 Å². The third-order valence-corrected chi connectivity index (χ3v) is 4.76. The molecule has 4 heteroatoms. The third-order valence-electron chi connectivity index (χ3n) is 3.44. The van der Waals surface area contributed by atoms with E-state index < -0.39 is 0 Å². The molecule has 0 aliphatic rings. The zero-order valence-electron chi connectivity index (χ0n) is 11.7. The summed E-state index contributed by atoms with van der Waals surface area (Å²) in [6, 6.07) is 14.3. The van der Waals surface area contributed by atoms with Crippen molar-refractivity contribution in [2.45, 2.75) is 24.8 Å². The Balaban J connectivity index is 2.11. The van der Waals surface area contributed by atoms with E-state index in [9.17, 15) is 0 Å². The second kappa shape index (κ2) is 7.14. The van der Waals surface area contributed by atoms with Gasteiger partial charge < -0.3 is 0 Å². The van der Waals surface area contributed by atoms with E-state index in [-0.39, 0.29) is 6.04 Å². The monoisotopic (exact) mass is 306 g/mol. The van der Waals surface area contributed by atoms with Crippen molar-refractivity contribution in [3.63, 3.8) is 0 Å². The SMILES string of the molecule is Cc1cccc(C(CSc2cccc(Cl)c2)NN)c1C. The van der Waals surface area contributed by atoms with Crippen LogP contribution < -0.4 is 11.3 Å². The van der Waals surface area contributed by atoms with Crippen LogP contribution in [0.1, 0.15) is 22.7 Å². The third kappa shape index (κ3) is 3.76. The maximum Gasteiger partial charge on any atom is 0.0556 e. The van der Waals surface area contributed by atoms with Gasteiger partial charge in [-0.3, -0.25) is 11.3 Å². The average molecular weight is 307 g/mol. The molecule has 3 N–H and O–H groups in total. The molecule has 2 nitrogen and oxygen atoms in total. The fourth-order valence-corrected chi connectivity index (χ4v) is 3.39. The van der Waals surface area contributed by atoms with E-state index in [0.717, 1.165) is 15.7 Å². The van der Waals surface area contributed by atoms with Crippen LogP contribution >= 0.6 is 23.4 Å². The summed E-state index contributed by atoms with van der Waals surface area (Å²) in [7, 11) is 0. The predicted molar refractivity (Wildman–Crippen MR) is 88.2 cm³/mol. The summed E-state index contributed by atoms with van der Waals surface area (Å²) >= 11 is 7.75. The number of halogens is 1. The molecule has 0 bridgehead atoms. The molecule has 0 aliphatic heterocycles. The molecule has 20 heavy (non-hydrogen) atoms. The van der Waals surface area contributed by atoms with Crippen molar-refractivity contribution in [1.82, 2.24) is 5.43 Å². The Morgan fingerprint density at radius 3 is 2.65 bits per heavy atom. The van der Waals surface area contributed by atoms with Gasteiger partial charge in [0.25, 0.3) is 0 Å². The molecule has 0 heterocycles. The fourth-order valence-electron chi connectivity index (χ4n) is 2.12. The number of benzene rings is 2. The molecular weight excluding hydrogens is 288 g/mol. The van der Waals surface area contributed by atoms with E-state index in [4.69, 9.17) is 17.4 Å². The molecule has 0 aliphatic carbocycles. The summed E-state index contributed by atoms with van der Waals surface area (Å²) in [4.78, 5) is 1.16. The highest BCUT2D eigenvalue weighted by Gasteiger charge is 2.13. The first-order chi connectivity index (χ1) is 9.61. The number of nitrogens with two attached hydrogens (primary N) is 1. The smallest absolute Gasteiger partial charge is 0.0556 e. The van der Waals surface area contributed by atoms with Gasteiger partial charge >= 0.3 is 0 Å². The molecular formula is C16H19ClN2S. The maximum absolute atomic E-state index is 6.00. The predicted octanol–water partition coefficient (Wildman–Crippen LogP) is 4.25. The largest absolute Gasteiger partial charge is 0.271 e. The Bertz CT molecular complexity index is 586. The van der Waals surface area contributed by atoms with E-state index in [0.29, 0.717) is 0 Å². The first kappa shape index (κ1) is 15.4. The van der Waals surface area contributed by atoms with Gasteiger partial charge in [0, 0.05) is 15.7 Å². The number of aryl methyl sites for hydroxylation is 1. The number of nitrogens with one attached hydrogen (secondary N) is 1. The lowest BCUT2D eigenvalue weighted by molar-refractivity contribution is 0.607. The lowest BCUT2D eigenvalue weighted by atomic mass is 9.99. The minimum atomic E-state index is 0.124. The molecule has 0 spiro atoms. The molecule has 0 radical (unpaired) electrons. The highest BCUT2D eigenvalue weighted by Crippen LogP contribution is 2.28. The van der Waals surface area contributed by atoms with Gasteiger partial charge in [0.05, 0.1) is 6.04 Å². The molecule has 2 aromatic rings. The number of thioether (sulfide) groups is 1. The van der Waals surface area contributed by atoms with Crippen LogP contribution in [0, 0.1) is 13.8 Å². The van der Waals surface area contributed by atoms with E-state index in [1.54, 1.807) is 11.8 Å². The zero-order chi connectivity index (χ0) is 14.5. The molecule has 2 aromatic carbocycles. The Morgan fingerprint density at radius 1 is 1.20 bits per heavy atom. The van der Waals surface area contributed by atoms with Gasteiger partial charge in [-0.05, 0) is 48.7 Å². The van der Waals surface area contributed by atoms with Crippen molar-refractivity contribution < 1.29 is 0 Å². The van der Waals surface area contributed by atoms with Crippen LogP contribution in [0.3, 0.4) is 0 Å². The minimum absolute atomic E-state index is 0.124. The van der Waals surface area contributed by atoms with Gasteiger partial charge in [-0.2, -0.15) is 0 Å². The summed E-state index contributed by atoms with van der Waals surface area (Å²) in [6.07, 6.45) is 0. The van der Waals surface area contributed by atoms with Crippen molar-refractivity contribution in [3.8, 4) is 0 Å². The summed E-state index contributed by atoms with van der Waals surface area (Å²) in [5.74, 6) is 6.59. The first-order valence-corrected chi connectivity index (χ1v) is 7.89. The van der Waals surface area contributed by atoms with E-state index >= 15 is 0 Å². The van der Waals surface area contributed by atoms with Crippen LogP contribution in [0.25, 0.3) is 0 Å². The number of rotatable bonds is 5. The zero-order valence-corrected chi connectivity index (χ0v) is 13.3. The number of hydrogen-bond acceptors (Lipinski definition) is 3. The number of hydrazine groups is 1. The summed E-state index contributed by atoms with van der Waals surface area (Å²) < 4.78 is 0. The van der Waals surface area contributed by atoms with Crippen LogP contribution in [0.4, 0.5) is 0 Å². The van der Waals surface area contributed by atoms with Crippen molar-refractivity contribution in [2.75, 3.05) is 5.75 Å². The molecule has 0 saturated heterocycles. The highest BCUT2D eigenvalue weighted by molar-refractivity contribution is 7.99. The Labute approximate surface area is 129 Å². The lowest BCUT2D eigenvalue weighted by Crippen LogP contribution is -2.30. The van der Waals surface area contributed by atoms with Crippen LogP contribution in [-0.4, -0.2) is 5.75 Å². The van der Waals surface area contributed by atoms with Crippen LogP contribution in [0.2, 0.25) is 5.02 Å². The van der Waals surface area contributed by atoms with Gasteiger partial charge in [-0.25, -0.2) is 0 Å². The Hall–Kier alpha value is -1.00. The lowest BCUT2D eigenvalue weighted by Gasteiger charge is -2.19. The molecule has 0 aromatic heterocycles. The molecule has 1 atom stereocenters. The standard InChI is InChI=1S/C16H19ClN2S/c1-11-5-3-8-15(12(11)2)16(19-18)10-20-14-7-4-6-13(17)9-14/h3-9,16,19H,10,18H2,1-2H3. The normalized spacial score (nSPS) is 12.4. The molecule has 0 saturated carbocycles. The summed E-state index contributed by atoms with van der Waals surface area (Å²) in [5.41, 5.74) is 6.75. The fraction of sp³-hybridized carbons (Fsp3) is 0.250. The van der Waals surface area contributed by atoms with Gasteiger partial charge in [-0.15, -0.1) is 11.8 Å². The molecule has 0 amide bonds. The van der Waals surface area contributed by atoms with E-state index in [2.05, 4.69) is 43.5 Å². The molecule has 2 rings (SSSR count). The topological polar surface area (TPSA) is 38.0 Å². The van der Waals surface area contributed by atoms with Gasteiger partial charge in [0.1, 0.15) is 0 Å². The van der Waals surface area contributed by atoms with Crippen molar-refractivity contribution >= 4 is 23.4 Å². The minimum Gasteiger partial charge on any atom is -0.271 e. The number of hydrogen-bond donors (Lipinski definition) is 2. The second-order valence-electron chi connectivity index (χ2n) is 4.78. The van der Waals surface area contributed by atoms with Crippen LogP contribution in [0.15, 0.2) is 47.4 Å². The first-order valence-electron chi connectivity index (χ1n) is 6.52. The average Bonchev–Trinajstić information content (AvgIpc) is 2.44.